The van der Waals surface area contributed by atoms with Crippen LogP contribution in [0.3, 0.4) is 0 Å². The Bertz CT molecular complexity index is 325. The van der Waals surface area contributed by atoms with Gasteiger partial charge in [-0.1, -0.05) is 12.8 Å². The third kappa shape index (κ3) is 3.17. The molecule has 2 saturated heterocycles. The number of piperazine rings is 1. The van der Waals surface area contributed by atoms with Crippen molar-refractivity contribution in [3.8, 4) is 0 Å². The van der Waals surface area contributed by atoms with Gasteiger partial charge >= 0.3 is 0 Å². The summed E-state index contributed by atoms with van der Waals surface area (Å²) >= 11 is 0. The summed E-state index contributed by atoms with van der Waals surface area (Å²) in [6, 6.07) is 0.759. The van der Waals surface area contributed by atoms with Crippen LogP contribution in [0.1, 0.15) is 38.5 Å². The molecule has 0 aromatic rings. The van der Waals surface area contributed by atoms with E-state index >= 15 is 0 Å². The van der Waals surface area contributed by atoms with Crippen molar-refractivity contribution in [3.05, 3.63) is 0 Å². The van der Waals surface area contributed by atoms with Crippen molar-refractivity contribution >= 4 is 5.91 Å². The van der Waals surface area contributed by atoms with Crippen molar-refractivity contribution in [1.82, 2.24) is 14.7 Å². The van der Waals surface area contributed by atoms with Gasteiger partial charge in [0.25, 0.3) is 0 Å². The van der Waals surface area contributed by atoms with Gasteiger partial charge in [0.1, 0.15) is 0 Å². The van der Waals surface area contributed by atoms with Gasteiger partial charge in [0, 0.05) is 38.1 Å². The predicted octanol–water partition coefficient (Wildman–Crippen LogP) is 1.41. The van der Waals surface area contributed by atoms with E-state index in [1.807, 2.05) is 0 Å². The maximum Gasteiger partial charge on any atom is 0.225 e. The monoisotopic (exact) mass is 279 g/mol. The largest absolute Gasteiger partial charge is 0.340 e. The molecule has 2 aliphatic heterocycles. The van der Waals surface area contributed by atoms with E-state index in [-0.39, 0.29) is 0 Å². The normalized spacial score (nSPS) is 28.1. The fourth-order valence-electron chi connectivity index (χ4n) is 4.10. The molecule has 0 radical (unpaired) electrons. The quantitative estimate of drug-likeness (QED) is 0.765. The molecule has 0 aromatic heterocycles. The molecular weight excluding hydrogens is 250 g/mol. The molecule has 0 bridgehead atoms. The lowest BCUT2D eigenvalue weighted by atomic mass is 10.0. The third-order valence-electron chi connectivity index (χ3n) is 5.53. The van der Waals surface area contributed by atoms with Crippen molar-refractivity contribution in [2.24, 2.45) is 5.92 Å². The van der Waals surface area contributed by atoms with E-state index in [4.69, 9.17) is 0 Å². The van der Waals surface area contributed by atoms with Crippen LogP contribution in [0.2, 0.25) is 0 Å². The van der Waals surface area contributed by atoms with Gasteiger partial charge in [0.05, 0.1) is 0 Å². The summed E-state index contributed by atoms with van der Waals surface area (Å²) in [5, 5.41) is 0. The van der Waals surface area contributed by atoms with Gasteiger partial charge in [-0.05, 0) is 45.8 Å². The number of amides is 1. The second kappa shape index (κ2) is 6.44. The highest BCUT2D eigenvalue weighted by molar-refractivity contribution is 5.79. The summed E-state index contributed by atoms with van der Waals surface area (Å²) < 4.78 is 0. The smallest absolute Gasteiger partial charge is 0.225 e. The molecule has 0 atom stereocenters. The highest BCUT2D eigenvalue weighted by Crippen LogP contribution is 2.27. The van der Waals surface area contributed by atoms with Gasteiger partial charge in [-0.15, -0.1) is 0 Å². The highest BCUT2D eigenvalue weighted by Gasteiger charge is 2.31. The second-order valence-electron chi connectivity index (χ2n) is 6.88. The fraction of sp³-hybridized carbons (Fsp3) is 0.938. The molecule has 1 amide bonds. The lowest BCUT2D eigenvalue weighted by Gasteiger charge is -2.42. The van der Waals surface area contributed by atoms with Crippen molar-refractivity contribution in [3.63, 3.8) is 0 Å². The minimum absolute atomic E-state index is 0.352. The molecule has 1 saturated carbocycles. The number of carbonyl (C=O) groups is 1. The molecule has 3 fully saturated rings. The van der Waals surface area contributed by atoms with Gasteiger partial charge in [0.2, 0.25) is 5.91 Å². The van der Waals surface area contributed by atoms with Crippen molar-refractivity contribution in [2.75, 3.05) is 46.3 Å². The zero-order valence-corrected chi connectivity index (χ0v) is 12.9. The van der Waals surface area contributed by atoms with E-state index in [9.17, 15) is 4.79 Å². The summed E-state index contributed by atoms with van der Waals surface area (Å²) in [5.41, 5.74) is 0. The zero-order chi connectivity index (χ0) is 13.9. The Balaban J connectivity index is 1.45. The molecule has 0 unspecified atom stereocenters. The van der Waals surface area contributed by atoms with Crippen LogP contribution in [0.5, 0.6) is 0 Å². The Morgan fingerprint density at radius 2 is 1.45 bits per heavy atom. The molecule has 3 aliphatic rings. The Labute approximate surface area is 123 Å². The fourth-order valence-corrected chi connectivity index (χ4v) is 4.10. The van der Waals surface area contributed by atoms with Gasteiger partial charge in [-0.2, -0.15) is 0 Å². The summed E-state index contributed by atoms with van der Waals surface area (Å²) in [6.45, 7) is 6.56. The number of nitrogens with zero attached hydrogens (tertiary/aromatic N) is 3. The summed E-state index contributed by atoms with van der Waals surface area (Å²) in [6.07, 6.45) is 7.38. The average molecular weight is 279 g/mol. The lowest BCUT2D eigenvalue weighted by molar-refractivity contribution is -0.137. The van der Waals surface area contributed by atoms with Crippen LogP contribution in [0.25, 0.3) is 0 Å². The molecule has 1 aliphatic carbocycles. The number of piperidine rings is 1. The number of hydrogen-bond acceptors (Lipinski definition) is 3. The maximum absolute atomic E-state index is 12.4. The van der Waals surface area contributed by atoms with Gasteiger partial charge < -0.3 is 9.80 Å². The van der Waals surface area contributed by atoms with E-state index < -0.39 is 0 Å². The molecule has 2 heterocycles. The van der Waals surface area contributed by atoms with Gasteiger partial charge in [-0.25, -0.2) is 0 Å². The molecule has 20 heavy (non-hydrogen) atoms. The van der Waals surface area contributed by atoms with Crippen LogP contribution in [0.15, 0.2) is 0 Å². The molecule has 3 rings (SSSR count). The van der Waals surface area contributed by atoms with E-state index in [1.54, 1.807) is 0 Å². The molecule has 0 aromatic carbocycles. The first-order chi connectivity index (χ1) is 9.74. The van der Waals surface area contributed by atoms with Crippen molar-refractivity contribution in [1.29, 1.82) is 0 Å². The van der Waals surface area contributed by atoms with E-state index in [1.165, 1.54) is 38.8 Å². The minimum atomic E-state index is 0.352. The first-order valence-electron chi connectivity index (χ1n) is 8.45. The SMILES string of the molecule is CN1CCC(N2CCN(C(=O)C3CCCC3)CC2)CC1. The topological polar surface area (TPSA) is 26.8 Å². The first kappa shape index (κ1) is 14.3. The number of hydrogen-bond donors (Lipinski definition) is 0. The number of likely N-dealkylation sites (tertiary alicyclic amines) is 1. The zero-order valence-electron chi connectivity index (χ0n) is 12.9. The average Bonchev–Trinajstić information content (AvgIpc) is 3.02. The van der Waals surface area contributed by atoms with Crippen molar-refractivity contribution in [2.45, 2.75) is 44.6 Å². The lowest BCUT2D eigenvalue weighted by Crippen LogP contribution is -2.54. The molecule has 114 valence electrons. The molecule has 0 N–H and O–H groups in total. The van der Waals surface area contributed by atoms with E-state index in [2.05, 4.69) is 21.7 Å². The van der Waals surface area contributed by atoms with Crippen LogP contribution in [0, 0.1) is 5.92 Å². The summed E-state index contributed by atoms with van der Waals surface area (Å²) in [7, 11) is 2.22. The third-order valence-corrected chi connectivity index (χ3v) is 5.53. The first-order valence-corrected chi connectivity index (χ1v) is 8.45. The Morgan fingerprint density at radius 3 is 2.05 bits per heavy atom. The highest BCUT2D eigenvalue weighted by atomic mass is 16.2. The number of carbonyl (C=O) groups excluding carboxylic acids is 1. The Kier molecular flexibility index (Phi) is 4.61. The second-order valence-corrected chi connectivity index (χ2v) is 6.88. The Morgan fingerprint density at radius 1 is 0.850 bits per heavy atom. The number of rotatable bonds is 2. The summed E-state index contributed by atoms with van der Waals surface area (Å²) in [5.74, 6) is 0.801. The molecular formula is C16H29N3O. The van der Waals surface area contributed by atoms with Gasteiger partial charge in [0.15, 0.2) is 0 Å². The van der Waals surface area contributed by atoms with Crippen LogP contribution in [0.4, 0.5) is 0 Å². The van der Waals surface area contributed by atoms with Crippen LogP contribution in [-0.2, 0) is 4.79 Å². The van der Waals surface area contributed by atoms with E-state index in [0.29, 0.717) is 11.8 Å². The standard InChI is InChI=1S/C16H29N3O/c1-17-8-6-15(7-9-17)18-10-12-19(13-11-18)16(20)14-4-2-3-5-14/h14-15H,2-13H2,1H3. The maximum atomic E-state index is 12.4. The Hall–Kier alpha value is -0.610. The van der Waals surface area contributed by atoms with E-state index in [0.717, 1.165) is 45.1 Å². The molecule has 0 spiro atoms. The minimum Gasteiger partial charge on any atom is -0.340 e. The molecule has 4 heteroatoms. The van der Waals surface area contributed by atoms with Gasteiger partial charge in [-0.3, -0.25) is 9.69 Å². The summed E-state index contributed by atoms with van der Waals surface area (Å²) in [4.78, 5) is 19.6. The van der Waals surface area contributed by atoms with Crippen molar-refractivity contribution < 1.29 is 4.79 Å². The van der Waals surface area contributed by atoms with Crippen LogP contribution in [-0.4, -0.2) is 73.0 Å². The predicted molar refractivity (Wildman–Crippen MR) is 80.6 cm³/mol. The van der Waals surface area contributed by atoms with Crippen LogP contribution >= 0.6 is 0 Å². The van der Waals surface area contributed by atoms with Crippen LogP contribution < -0.4 is 0 Å². The molecule has 4 nitrogen and oxygen atoms in total.